The molecular weight excluding hydrogens is 218 g/mol. The zero-order valence-corrected chi connectivity index (χ0v) is 10.5. The fourth-order valence-corrected chi connectivity index (χ4v) is 2.29. The molecule has 0 aliphatic heterocycles. The predicted molar refractivity (Wildman–Crippen MR) is 68.2 cm³/mol. The molecule has 0 aliphatic carbocycles. The van der Waals surface area contributed by atoms with Crippen LogP contribution in [0.15, 0.2) is 29.6 Å². The van der Waals surface area contributed by atoms with Gasteiger partial charge in [-0.3, -0.25) is 0 Å². The minimum atomic E-state index is 0.497. The van der Waals surface area contributed by atoms with E-state index >= 15 is 0 Å². The Balaban J connectivity index is 2.28. The van der Waals surface area contributed by atoms with E-state index in [-0.39, 0.29) is 0 Å². The van der Waals surface area contributed by atoms with Crippen molar-refractivity contribution in [1.29, 1.82) is 0 Å². The lowest BCUT2D eigenvalue weighted by Crippen LogP contribution is -1.86. The molecule has 0 amide bonds. The second kappa shape index (κ2) is 4.66. The Morgan fingerprint density at radius 1 is 1.19 bits per heavy atom. The fourth-order valence-electron chi connectivity index (χ4n) is 1.45. The summed E-state index contributed by atoms with van der Waals surface area (Å²) in [7, 11) is 1.68. The second-order valence-electron chi connectivity index (χ2n) is 3.95. The van der Waals surface area contributed by atoms with Crippen LogP contribution in [0.3, 0.4) is 0 Å². The first-order chi connectivity index (χ1) is 7.70. The van der Waals surface area contributed by atoms with E-state index in [2.05, 4.69) is 24.2 Å². The predicted octanol–water partition coefficient (Wildman–Crippen LogP) is 3.94. The maximum absolute atomic E-state index is 5.13. The first-order valence-corrected chi connectivity index (χ1v) is 6.18. The third-order valence-electron chi connectivity index (χ3n) is 2.40. The number of hydrogen-bond acceptors (Lipinski definition) is 3. The Labute approximate surface area is 99.9 Å². The molecule has 0 saturated carbocycles. The highest BCUT2D eigenvalue weighted by Crippen LogP contribution is 2.27. The number of nitrogens with zero attached hydrogens (tertiary/aromatic N) is 1. The van der Waals surface area contributed by atoms with Crippen LogP contribution in [0.25, 0.3) is 11.3 Å². The molecule has 1 heterocycles. The summed E-state index contributed by atoms with van der Waals surface area (Å²) >= 11 is 1.72. The number of rotatable bonds is 3. The molecule has 2 aromatic rings. The van der Waals surface area contributed by atoms with Gasteiger partial charge in [0.15, 0.2) is 0 Å². The van der Waals surface area contributed by atoms with Gasteiger partial charge in [0.25, 0.3) is 0 Å². The van der Waals surface area contributed by atoms with Crippen LogP contribution in [0.4, 0.5) is 0 Å². The highest BCUT2D eigenvalue weighted by Gasteiger charge is 2.07. The van der Waals surface area contributed by atoms with Gasteiger partial charge < -0.3 is 4.74 Å². The van der Waals surface area contributed by atoms with Gasteiger partial charge in [0.2, 0.25) is 0 Å². The molecule has 2 nitrogen and oxygen atoms in total. The summed E-state index contributed by atoms with van der Waals surface area (Å²) in [6.45, 7) is 4.33. The molecule has 3 heteroatoms. The van der Waals surface area contributed by atoms with Crippen molar-refractivity contribution < 1.29 is 4.74 Å². The quantitative estimate of drug-likeness (QED) is 0.801. The molecule has 2 rings (SSSR count). The van der Waals surface area contributed by atoms with E-state index in [9.17, 15) is 0 Å². The molecule has 0 unspecified atom stereocenters. The van der Waals surface area contributed by atoms with E-state index < -0.39 is 0 Å². The van der Waals surface area contributed by atoms with Crippen molar-refractivity contribution in [3.05, 3.63) is 34.7 Å². The Kier molecular flexibility index (Phi) is 3.25. The third kappa shape index (κ3) is 2.25. The number of hydrogen-bond donors (Lipinski definition) is 0. The highest BCUT2D eigenvalue weighted by atomic mass is 32.1. The lowest BCUT2D eigenvalue weighted by atomic mass is 10.1. The van der Waals surface area contributed by atoms with Gasteiger partial charge >= 0.3 is 0 Å². The topological polar surface area (TPSA) is 22.1 Å². The molecule has 0 fully saturated rings. The normalized spacial score (nSPS) is 10.8. The van der Waals surface area contributed by atoms with Crippen LogP contribution in [-0.2, 0) is 0 Å². The average molecular weight is 233 g/mol. The number of thiazole rings is 1. The molecule has 0 spiro atoms. The summed E-state index contributed by atoms with van der Waals surface area (Å²) in [5.41, 5.74) is 2.19. The number of ether oxygens (including phenoxy) is 1. The summed E-state index contributed by atoms with van der Waals surface area (Å²) in [5, 5.41) is 3.29. The lowest BCUT2D eigenvalue weighted by Gasteiger charge is -2.01. The first kappa shape index (κ1) is 11.1. The fraction of sp³-hybridized carbons (Fsp3) is 0.308. The molecule has 0 N–H and O–H groups in total. The van der Waals surface area contributed by atoms with Crippen molar-refractivity contribution in [2.45, 2.75) is 19.8 Å². The van der Waals surface area contributed by atoms with Crippen molar-refractivity contribution in [3.63, 3.8) is 0 Å². The van der Waals surface area contributed by atoms with Crippen molar-refractivity contribution in [2.75, 3.05) is 7.11 Å². The molecule has 1 aromatic carbocycles. The standard InChI is InChI=1S/C13H15NOS/c1-9(2)13-14-12(8-16-13)10-4-6-11(15-3)7-5-10/h4-9H,1-3H3. The van der Waals surface area contributed by atoms with Crippen LogP contribution < -0.4 is 4.74 Å². The van der Waals surface area contributed by atoms with Crippen LogP contribution in [0.1, 0.15) is 24.8 Å². The van der Waals surface area contributed by atoms with Gasteiger partial charge in [-0.15, -0.1) is 11.3 Å². The van der Waals surface area contributed by atoms with Gasteiger partial charge in [0.05, 0.1) is 17.8 Å². The molecular formula is C13H15NOS. The maximum Gasteiger partial charge on any atom is 0.118 e. The SMILES string of the molecule is COc1ccc(-c2csc(C(C)C)n2)cc1. The Morgan fingerprint density at radius 3 is 2.38 bits per heavy atom. The minimum absolute atomic E-state index is 0.497. The van der Waals surface area contributed by atoms with Gasteiger partial charge in [-0.1, -0.05) is 13.8 Å². The monoisotopic (exact) mass is 233 g/mol. The molecule has 0 saturated heterocycles. The van der Waals surface area contributed by atoms with E-state index in [1.807, 2.05) is 24.3 Å². The van der Waals surface area contributed by atoms with Crippen molar-refractivity contribution in [2.24, 2.45) is 0 Å². The Morgan fingerprint density at radius 2 is 1.88 bits per heavy atom. The minimum Gasteiger partial charge on any atom is -0.497 e. The highest BCUT2D eigenvalue weighted by molar-refractivity contribution is 7.10. The smallest absolute Gasteiger partial charge is 0.118 e. The van der Waals surface area contributed by atoms with E-state index in [0.717, 1.165) is 17.0 Å². The summed E-state index contributed by atoms with van der Waals surface area (Å²) in [6, 6.07) is 8.00. The Hall–Kier alpha value is -1.35. The second-order valence-corrected chi connectivity index (χ2v) is 4.84. The van der Waals surface area contributed by atoms with Gasteiger partial charge in [-0.05, 0) is 24.3 Å². The zero-order chi connectivity index (χ0) is 11.5. The van der Waals surface area contributed by atoms with Crippen LogP contribution in [0.2, 0.25) is 0 Å². The summed E-state index contributed by atoms with van der Waals surface area (Å²) in [5.74, 6) is 1.38. The third-order valence-corrected chi connectivity index (χ3v) is 3.55. The number of methoxy groups -OCH3 is 1. The van der Waals surface area contributed by atoms with Crippen molar-refractivity contribution >= 4 is 11.3 Å². The van der Waals surface area contributed by atoms with Crippen LogP contribution in [0, 0.1) is 0 Å². The average Bonchev–Trinajstić information content (AvgIpc) is 2.78. The summed E-state index contributed by atoms with van der Waals surface area (Å²) < 4.78 is 5.13. The van der Waals surface area contributed by atoms with E-state index in [4.69, 9.17) is 4.74 Å². The van der Waals surface area contributed by atoms with Crippen LogP contribution >= 0.6 is 11.3 Å². The molecule has 0 atom stereocenters. The largest absolute Gasteiger partial charge is 0.497 e. The van der Waals surface area contributed by atoms with E-state index in [1.54, 1.807) is 18.4 Å². The molecule has 0 aliphatic rings. The van der Waals surface area contributed by atoms with Gasteiger partial charge in [-0.25, -0.2) is 4.98 Å². The van der Waals surface area contributed by atoms with Gasteiger partial charge in [0, 0.05) is 16.9 Å². The van der Waals surface area contributed by atoms with E-state index in [1.165, 1.54) is 5.01 Å². The molecule has 84 valence electrons. The summed E-state index contributed by atoms with van der Waals surface area (Å²) in [6.07, 6.45) is 0. The molecule has 0 bridgehead atoms. The Bertz CT molecular complexity index is 459. The number of aromatic nitrogens is 1. The van der Waals surface area contributed by atoms with E-state index in [0.29, 0.717) is 5.92 Å². The van der Waals surface area contributed by atoms with Gasteiger partial charge in [-0.2, -0.15) is 0 Å². The first-order valence-electron chi connectivity index (χ1n) is 5.30. The van der Waals surface area contributed by atoms with Crippen molar-refractivity contribution in [1.82, 2.24) is 4.98 Å². The summed E-state index contributed by atoms with van der Waals surface area (Å²) in [4.78, 5) is 4.61. The molecule has 16 heavy (non-hydrogen) atoms. The van der Waals surface area contributed by atoms with Crippen molar-refractivity contribution in [3.8, 4) is 17.0 Å². The van der Waals surface area contributed by atoms with Crippen LogP contribution in [0.5, 0.6) is 5.75 Å². The molecule has 0 radical (unpaired) electrons. The molecule has 1 aromatic heterocycles. The lowest BCUT2D eigenvalue weighted by molar-refractivity contribution is 0.415. The van der Waals surface area contributed by atoms with Crippen LogP contribution in [-0.4, -0.2) is 12.1 Å². The van der Waals surface area contributed by atoms with Gasteiger partial charge in [0.1, 0.15) is 5.75 Å². The maximum atomic E-state index is 5.13. The zero-order valence-electron chi connectivity index (χ0n) is 9.73. The number of benzene rings is 1.